The minimum atomic E-state index is -3.76. The van der Waals surface area contributed by atoms with Crippen LogP contribution in [0.5, 0.6) is 0 Å². The molecule has 0 unspecified atom stereocenters. The molecule has 18 heavy (non-hydrogen) atoms. The number of carbonyl (C=O) groups is 1. The molecule has 0 radical (unpaired) electrons. The molecular weight excluding hydrogens is 280 g/mol. The first-order chi connectivity index (χ1) is 8.33. The van der Waals surface area contributed by atoms with Crippen molar-refractivity contribution < 1.29 is 18.3 Å². The number of sulfonamides is 1. The second kappa shape index (κ2) is 3.49. The Kier molecular flexibility index (Phi) is 2.33. The number of H-pyrrole nitrogens is 1. The Morgan fingerprint density at radius 1 is 1.50 bits per heavy atom. The number of aromatic nitrogens is 1. The van der Waals surface area contributed by atoms with Crippen LogP contribution in [0.4, 0.5) is 0 Å². The normalized spacial score (nSPS) is 29.5. The molecule has 3 fully saturated rings. The van der Waals surface area contributed by atoms with Crippen molar-refractivity contribution >= 4 is 27.6 Å². The molecule has 2 bridgehead atoms. The largest absolute Gasteiger partial charge is 0.477 e. The molecule has 0 atom stereocenters. The van der Waals surface area contributed by atoms with Gasteiger partial charge in [0.15, 0.2) is 0 Å². The minimum Gasteiger partial charge on any atom is -0.477 e. The van der Waals surface area contributed by atoms with Gasteiger partial charge >= 0.3 is 5.97 Å². The van der Waals surface area contributed by atoms with E-state index in [1.54, 1.807) is 0 Å². The van der Waals surface area contributed by atoms with Gasteiger partial charge in [0, 0.05) is 11.7 Å². The van der Waals surface area contributed by atoms with Gasteiger partial charge in [-0.3, -0.25) is 0 Å². The zero-order valence-corrected chi connectivity index (χ0v) is 10.8. The van der Waals surface area contributed by atoms with Crippen molar-refractivity contribution in [1.29, 1.82) is 0 Å². The second-order valence-electron chi connectivity index (χ2n) is 5.01. The summed E-state index contributed by atoms with van der Waals surface area (Å²) in [5, 5.41) is 8.54. The summed E-state index contributed by atoms with van der Waals surface area (Å²) in [4.78, 5) is 13.0. The topological polar surface area (TPSA) is 99.3 Å². The fraction of sp³-hybridized carbons (Fsp3) is 0.500. The van der Waals surface area contributed by atoms with Crippen LogP contribution >= 0.6 is 11.6 Å². The number of aromatic carboxylic acids is 1. The SMILES string of the molecule is O=C(O)c1[nH]cc(S(=O)(=O)NC23CC(C2)C3)c1Cl. The summed E-state index contributed by atoms with van der Waals surface area (Å²) in [6, 6.07) is 0. The van der Waals surface area contributed by atoms with Crippen molar-refractivity contribution in [1.82, 2.24) is 9.71 Å². The van der Waals surface area contributed by atoms with Crippen molar-refractivity contribution in [2.24, 2.45) is 5.92 Å². The number of hydrogen-bond donors (Lipinski definition) is 3. The molecule has 3 aliphatic rings. The number of rotatable bonds is 4. The summed E-state index contributed by atoms with van der Waals surface area (Å²) in [5.41, 5.74) is -0.623. The van der Waals surface area contributed by atoms with Gasteiger partial charge in [-0.1, -0.05) is 11.6 Å². The molecule has 3 aliphatic carbocycles. The lowest BCUT2D eigenvalue weighted by Gasteiger charge is -2.61. The van der Waals surface area contributed by atoms with Gasteiger partial charge in [0.1, 0.15) is 10.6 Å². The number of halogens is 1. The highest BCUT2D eigenvalue weighted by molar-refractivity contribution is 7.89. The molecule has 0 aromatic carbocycles. The standard InChI is InChI=1S/C10H11ClN2O4S/c11-7-6(4-12-8(7)9(14)15)18(16,17)13-10-1-5(2-10)3-10/h4-5,12-13H,1-3H2,(H,14,15). The average Bonchev–Trinajstić information content (AvgIpc) is 2.52. The van der Waals surface area contributed by atoms with Gasteiger partial charge in [-0.2, -0.15) is 0 Å². The first-order valence-corrected chi connectivity index (χ1v) is 7.33. The van der Waals surface area contributed by atoms with Gasteiger partial charge in [-0.25, -0.2) is 17.9 Å². The van der Waals surface area contributed by atoms with E-state index in [0.29, 0.717) is 5.92 Å². The molecule has 1 aromatic rings. The maximum atomic E-state index is 12.1. The number of carboxylic acid groups (broad SMARTS) is 1. The molecule has 0 spiro atoms. The molecule has 0 aliphatic heterocycles. The molecule has 3 saturated carbocycles. The van der Waals surface area contributed by atoms with Crippen LogP contribution in [0.15, 0.2) is 11.1 Å². The Bertz CT molecular complexity index is 619. The lowest BCUT2D eigenvalue weighted by atomic mass is 9.50. The van der Waals surface area contributed by atoms with E-state index >= 15 is 0 Å². The smallest absolute Gasteiger partial charge is 0.353 e. The summed E-state index contributed by atoms with van der Waals surface area (Å²) in [7, 11) is -3.76. The monoisotopic (exact) mass is 290 g/mol. The highest BCUT2D eigenvalue weighted by atomic mass is 35.5. The summed E-state index contributed by atoms with van der Waals surface area (Å²) in [5.74, 6) is -0.643. The van der Waals surface area contributed by atoms with Crippen LogP contribution in [0.25, 0.3) is 0 Å². The van der Waals surface area contributed by atoms with Crippen molar-refractivity contribution in [2.75, 3.05) is 0 Å². The fourth-order valence-electron chi connectivity index (χ4n) is 2.68. The number of nitrogens with one attached hydrogen (secondary N) is 2. The molecular formula is C10H11ClN2O4S. The molecule has 4 rings (SSSR count). The van der Waals surface area contributed by atoms with Crippen LogP contribution in [0.3, 0.4) is 0 Å². The van der Waals surface area contributed by atoms with E-state index < -0.39 is 16.0 Å². The highest BCUT2D eigenvalue weighted by Crippen LogP contribution is 2.57. The van der Waals surface area contributed by atoms with Crippen LogP contribution in [0.1, 0.15) is 29.8 Å². The quantitative estimate of drug-likeness (QED) is 0.776. The van der Waals surface area contributed by atoms with Crippen LogP contribution in [0, 0.1) is 5.92 Å². The van der Waals surface area contributed by atoms with Crippen LogP contribution in [0.2, 0.25) is 5.02 Å². The lowest BCUT2D eigenvalue weighted by molar-refractivity contribution is -0.0317. The van der Waals surface area contributed by atoms with Gasteiger partial charge in [0.2, 0.25) is 10.0 Å². The maximum absolute atomic E-state index is 12.1. The zero-order chi connectivity index (χ0) is 13.1. The van der Waals surface area contributed by atoms with E-state index in [4.69, 9.17) is 16.7 Å². The first kappa shape index (κ1) is 12.0. The van der Waals surface area contributed by atoms with Crippen LogP contribution < -0.4 is 4.72 Å². The molecule has 6 nitrogen and oxygen atoms in total. The van der Waals surface area contributed by atoms with E-state index in [1.807, 2.05) is 0 Å². The Morgan fingerprint density at radius 2 is 2.11 bits per heavy atom. The van der Waals surface area contributed by atoms with Gasteiger partial charge in [-0.05, 0) is 25.2 Å². The third-order valence-electron chi connectivity index (χ3n) is 3.68. The van der Waals surface area contributed by atoms with Gasteiger partial charge in [-0.15, -0.1) is 0 Å². The highest BCUT2D eigenvalue weighted by Gasteiger charge is 2.58. The van der Waals surface area contributed by atoms with Gasteiger partial charge < -0.3 is 10.1 Å². The Labute approximate surface area is 108 Å². The lowest BCUT2D eigenvalue weighted by Crippen LogP contribution is -2.67. The van der Waals surface area contributed by atoms with Gasteiger partial charge in [0.05, 0.1) is 5.02 Å². The van der Waals surface area contributed by atoms with Crippen molar-refractivity contribution in [3.05, 3.63) is 16.9 Å². The third-order valence-corrected chi connectivity index (χ3v) is 5.78. The molecule has 0 saturated heterocycles. The Hall–Kier alpha value is -1.05. The molecule has 1 aromatic heterocycles. The number of hydrogen-bond acceptors (Lipinski definition) is 3. The van der Waals surface area contributed by atoms with E-state index in [9.17, 15) is 13.2 Å². The van der Waals surface area contributed by atoms with E-state index in [1.165, 1.54) is 0 Å². The summed E-state index contributed by atoms with van der Waals surface area (Å²) < 4.78 is 26.8. The Balaban J connectivity index is 1.91. The summed E-state index contributed by atoms with van der Waals surface area (Å²) in [6.45, 7) is 0. The fourth-order valence-corrected chi connectivity index (χ4v) is 4.66. The van der Waals surface area contributed by atoms with E-state index in [0.717, 1.165) is 25.5 Å². The molecule has 3 N–H and O–H groups in total. The van der Waals surface area contributed by atoms with Crippen molar-refractivity contribution in [3.63, 3.8) is 0 Å². The molecule has 8 heteroatoms. The average molecular weight is 291 g/mol. The minimum absolute atomic E-state index is 0.203. The van der Waals surface area contributed by atoms with Gasteiger partial charge in [0.25, 0.3) is 0 Å². The summed E-state index contributed by atoms with van der Waals surface area (Å²) in [6.07, 6.45) is 3.69. The molecule has 0 amide bonds. The third kappa shape index (κ3) is 1.58. The Morgan fingerprint density at radius 3 is 2.50 bits per heavy atom. The predicted octanol–water partition coefficient (Wildman–Crippen LogP) is 1.20. The molecule has 1 heterocycles. The van der Waals surface area contributed by atoms with E-state index in [2.05, 4.69) is 9.71 Å². The second-order valence-corrected chi connectivity index (χ2v) is 7.04. The molecule has 98 valence electrons. The number of aromatic amines is 1. The number of carboxylic acids is 1. The van der Waals surface area contributed by atoms with Crippen LogP contribution in [-0.4, -0.2) is 30.0 Å². The maximum Gasteiger partial charge on any atom is 0.353 e. The van der Waals surface area contributed by atoms with Crippen molar-refractivity contribution in [2.45, 2.75) is 29.7 Å². The van der Waals surface area contributed by atoms with E-state index in [-0.39, 0.29) is 21.2 Å². The predicted molar refractivity (Wildman–Crippen MR) is 63.2 cm³/mol. The first-order valence-electron chi connectivity index (χ1n) is 5.47. The van der Waals surface area contributed by atoms with Crippen LogP contribution in [-0.2, 0) is 10.0 Å². The van der Waals surface area contributed by atoms with Crippen molar-refractivity contribution in [3.8, 4) is 0 Å². The summed E-state index contributed by atoms with van der Waals surface area (Å²) >= 11 is 5.78. The zero-order valence-electron chi connectivity index (χ0n) is 9.23.